The van der Waals surface area contributed by atoms with Crippen LogP contribution in [0, 0.1) is 24.6 Å². The van der Waals surface area contributed by atoms with E-state index in [1.807, 2.05) is 13.8 Å². The Bertz CT molecular complexity index is 1750. The van der Waals surface area contributed by atoms with E-state index in [-0.39, 0.29) is 28.2 Å². The van der Waals surface area contributed by atoms with Crippen LogP contribution < -0.4 is 16.0 Å². The summed E-state index contributed by atoms with van der Waals surface area (Å²) in [5.74, 6) is -1.17. The van der Waals surface area contributed by atoms with Crippen LogP contribution in [0.4, 0.5) is 30.2 Å². The summed E-state index contributed by atoms with van der Waals surface area (Å²) < 4.78 is 43.4. The van der Waals surface area contributed by atoms with Crippen molar-refractivity contribution in [3.05, 3.63) is 76.5 Å². The molecule has 3 N–H and O–H groups in total. The van der Waals surface area contributed by atoms with Crippen LogP contribution in [0.5, 0.6) is 0 Å². The van der Waals surface area contributed by atoms with Gasteiger partial charge in [-0.05, 0) is 37.8 Å². The van der Waals surface area contributed by atoms with Crippen LogP contribution in [0.15, 0.2) is 43.1 Å². The first kappa shape index (κ1) is 27.6. The lowest BCUT2D eigenvalue weighted by Gasteiger charge is -2.23. The molecule has 1 aliphatic heterocycles. The molecule has 1 aliphatic carbocycles. The van der Waals surface area contributed by atoms with E-state index < -0.39 is 35.3 Å². The number of alkyl halides is 2. The SMILES string of the molecule is Cc1c(N2C[C@H]3C[C@H]3C2=O)cnc([C@H](C)n2cc(NC(=O)c3cncc(-c4c(C(F)F)ccc(Cl)c4F)n3)cn2)c1N. The number of piperidine rings is 1. The van der Waals surface area contributed by atoms with Crippen molar-refractivity contribution in [3.8, 4) is 11.3 Å². The largest absolute Gasteiger partial charge is 0.397 e. The number of pyridine rings is 1. The van der Waals surface area contributed by atoms with Gasteiger partial charge < -0.3 is 16.0 Å². The molecule has 0 radical (unpaired) electrons. The van der Waals surface area contributed by atoms with Crippen molar-refractivity contribution in [3.63, 3.8) is 0 Å². The number of carbonyl (C=O) groups excluding carboxylic acids is 2. The minimum atomic E-state index is -3.00. The van der Waals surface area contributed by atoms with Gasteiger partial charge in [-0.15, -0.1) is 0 Å². The van der Waals surface area contributed by atoms with E-state index >= 15 is 0 Å². The number of benzene rings is 1. The van der Waals surface area contributed by atoms with Gasteiger partial charge in [0.2, 0.25) is 5.91 Å². The fourth-order valence-corrected chi connectivity index (χ4v) is 5.42. The standard InChI is InChI=1S/C28H24ClF3N8O2/c1-12-21(39-10-14-5-17(14)28(39)42)9-35-25(24(12)33)13(2)40-11-15(6-36-40)37-27(41)20-8-34-7-19(38-20)22-16(26(31)32)3-4-18(29)23(22)30/h3-4,6-9,11,13-14,17,26H,5,10,33H2,1-2H3,(H,37,41)/t13-,14+,17+/m0/s1. The molecule has 0 spiro atoms. The van der Waals surface area contributed by atoms with Gasteiger partial charge in [0.15, 0.2) is 5.82 Å². The summed E-state index contributed by atoms with van der Waals surface area (Å²) in [6.07, 6.45) is 4.76. The van der Waals surface area contributed by atoms with Crippen molar-refractivity contribution in [2.45, 2.75) is 32.7 Å². The fourth-order valence-electron chi connectivity index (χ4n) is 5.26. The van der Waals surface area contributed by atoms with Crippen LogP contribution in [0.25, 0.3) is 11.3 Å². The highest BCUT2D eigenvalue weighted by molar-refractivity contribution is 6.31. The molecule has 2 fully saturated rings. The van der Waals surface area contributed by atoms with E-state index in [0.717, 1.165) is 36.5 Å². The summed E-state index contributed by atoms with van der Waals surface area (Å²) in [4.78, 5) is 39.7. The Balaban J connectivity index is 1.20. The van der Waals surface area contributed by atoms with Crippen LogP contribution >= 0.6 is 11.6 Å². The number of nitrogens with two attached hydrogens (primary N) is 1. The quantitative estimate of drug-likeness (QED) is 0.300. The van der Waals surface area contributed by atoms with Gasteiger partial charge in [-0.2, -0.15) is 5.10 Å². The molecule has 2 amide bonds. The van der Waals surface area contributed by atoms with Crippen molar-refractivity contribution < 1.29 is 22.8 Å². The molecule has 4 heterocycles. The lowest BCUT2D eigenvalue weighted by Crippen LogP contribution is -2.29. The summed E-state index contributed by atoms with van der Waals surface area (Å²) in [6, 6.07) is 1.60. The lowest BCUT2D eigenvalue weighted by molar-refractivity contribution is -0.118. The monoisotopic (exact) mass is 596 g/mol. The maximum atomic E-state index is 14.7. The molecule has 42 heavy (non-hydrogen) atoms. The van der Waals surface area contributed by atoms with E-state index in [4.69, 9.17) is 17.3 Å². The average molecular weight is 597 g/mol. The van der Waals surface area contributed by atoms with Gasteiger partial charge in [-0.3, -0.25) is 24.2 Å². The van der Waals surface area contributed by atoms with Crippen molar-refractivity contribution in [2.24, 2.45) is 11.8 Å². The molecule has 3 atom stereocenters. The number of nitrogens with one attached hydrogen (secondary N) is 1. The molecule has 1 aromatic carbocycles. The highest BCUT2D eigenvalue weighted by Crippen LogP contribution is 2.48. The Morgan fingerprint density at radius 3 is 2.71 bits per heavy atom. The normalized spacial score (nSPS) is 18.4. The first-order valence-corrected chi connectivity index (χ1v) is 13.4. The van der Waals surface area contributed by atoms with Gasteiger partial charge in [0.05, 0.1) is 64.3 Å². The highest BCUT2D eigenvalue weighted by Gasteiger charge is 2.52. The molecule has 6 rings (SSSR count). The number of nitrogen functional groups attached to an aromatic ring is 1. The maximum absolute atomic E-state index is 14.7. The molecule has 1 saturated carbocycles. The first-order valence-electron chi connectivity index (χ1n) is 13.1. The minimum Gasteiger partial charge on any atom is -0.397 e. The molecule has 10 nitrogen and oxygen atoms in total. The predicted octanol–water partition coefficient (Wildman–Crippen LogP) is 5.20. The third-order valence-electron chi connectivity index (χ3n) is 7.74. The zero-order valence-corrected chi connectivity index (χ0v) is 23.1. The lowest BCUT2D eigenvalue weighted by atomic mass is 10.0. The second kappa shape index (κ2) is 10.4. The van der Waals surface area contributed by atoms with E-state index in [2.05, 4.69) is 25.4 Å². The van der Waals surface area contributed by atoms with Gasteiger partial charge in [0.1, 0.15) is 5.69 Å². The van der Waals surface area contributed by atoms with Gasteiger partial charge in [-0.1, -0.05) is 17.7 Å². The fraction of sp³-hybridized carbons (Fsp3) is 0.286. The van der Waals surface area contributed by atoms with Crippen LogP contribution in [-0.2, 0) is 4.79 Å². The summed E-state index contributed by atoms with van der Waals surface area (Å²) in [6.45, 7) is 4.36. The summed E-state index contributed by atoms with van der Waals surface area (Å²) in [5, 5.41) is 6.57. The minimum absolute atomic E-state index is 0.111. The summed E-state index contributed by atoms with van der Waals surface area (Å²) in [5.41, 5.74) is 7.54. The number of nitrogens with zero attached hydrogens (tertiary/aromatic N) is 6. The van der Waals surface area contributed by atoms with Crippen molar-refractivity contribution in [1.82, 2.24) is 24.7 Å². The van der Waals surface area contributed by atoms with E-state index in [1.165, 1.54) is 6.20 Å². The van der Waals surface area contributed by atoms with Crippen LogP contribution in [0.1, 0.15) is 53.1 Å². The molecule has 4 aromatic rings. The smallest absolute Gasteiger partial charge is 0.275 e. The number of rotatable bonds is 7. The zero-order chi connectivity index (χ0) is 29.9. The summed E-state index contributed by atoms with van der Waals surface area (Å²) in [7, 11) is 0. The molecule has 216 valence electrons. The second-order valence-electron chi connectivity index (χ2n) is 10.4. The number of halogens is 4. The molecule has 0 bridgehead atoms. The number of hydrogen-bond acceptors (Lipinski definition) is 7. The molecule has 0 unspecified atom stereocenters. The van der Waals surface area contributed by atoms with E-state index in [9.17, 15) is 22.8 Å². The van der Waals surface area contributed by atoms with E-state index in [0.29, 0.717) is 35.2 Å². The molecule has 3 aromatic heterocycles. The number of aromatic nitrogens is 5. The number of hydrogen-bond donors (Lipinski definition) is 2. The van der Waals surface area contributed by atoms with Crippen LogP contribution in [0.3, 0.4) is 0 Å². The third kappa shape index (κ3) is 4.73. The molecule has 14 heteroatoms. The van der Waals surface area contributed by atoms with Crippen molar-refractivity contribution in [1.29, 1.82) is 0 Å². The van der Waals surface area contributed by atoms with Crippen molar-refractivity contribution >= 4 is 40.5 Å². The Morgan fingerprint density at radius 1 is 1.21 bits per heavy atom. The second-order valence-corrected chi connectivity index (χ2v) is 10.8. The van der Waals surface area contributed by atoms with Gasteiger partial charge in [0.25, 0.3) is 12.3 Å². The topological polar surface area (TPSA) is 132 Å². The Hall–Kier alpha value is -4.52. The number of amides is 2. The molecular weight excluding hydrogens is 573 g/mol. The van der Waals surface area contributed by atoms with Crippen LogP contribution in [-0.4, -0.2) is 43.1 Å². The Morgan fingerprint density at radius 2 is 2.00 bits per heavy atom. The Labute approximate surface area is 242 Å². The van der Waals surface area contributed by atoms with Crippen LogP contribution in [0.2, 0.25) is 5.02 Å². The first-order chi connectivity index (χ1) is 20.0. The van der Waals surface area contributed by atoms with Crippen molar-refractivity contribution in [2.75, 3.05) is 22.5 Å². The Kier molecular flexibility index (Phi) is 6.84. The average Bonchev–Trinajstić information content (AvgIpc) is 3.47. The highest BCUT2D eigenvalue weighted by atomic mass is 35.5. The third-order valence-corrected chi connectivity index (χ3v) is 8.03. The number of carbonyl (C=O) groups is 2. The van der Waals surface area contributed by atoms with Gasteiger partial charge in [-0.25, -0.2) is 18.2 Å². The van der Waals surface area contributed by atoms with E-state index in [1.54, 1.807) is 22.0 Å². The summed E-state index contributed by atoms with van der Waals surface area (Å²) >= 11 is 5.81. The molecule has 2 aliphatic rings. The molecule has 1 saturated heterocycles. The molecular formula is C28H24ClF3N8O2. The van der Waals surface area contributed by atoms with Gasteiger partial charge in [0, 0.05) is 29.8 Å². The maximum Gasteiger partial charge on any atom is 0.275 e. The number of fused-ring (bicyclic) bond motifs is 1. The number of anilines is 3. The predicted molar refractivity (Wildman–Crippen MR) is 149 cm³/mol. The van der Waals surface area contributed by atoms with Gasteiger partial charge >= 0.3 is 0 Å². The zero-order valence-electron chi connectivity index (χ0n) is 22.4.